The lowest BCUT2D eigenvalue weighted by Crippen LogP contribution is -2.53. The van der Waals surface area contributed by atoms with Gasteiger partial charge in [-0.1, -0.05) is 32.4 Å². The van der Waals surface area contributed by atoms with Crippen LogP contribution in [0.3, 0.4) is 0 Å². The van der Waals surface area contributed by atoms with Crippen molar-refractivity contribution in [1.29, 1.82) is 0 Å². The van der Waals surface area contributed by atoms with Gasteiger partial charge in [0.15, 0.2) is 5.75 Å². The summed E-state index contributed by atoms with van der Waals surface area (Å²) in [7, 11) is 0. The number of alkyl halides is 2. The van der Waals surface area contributed by atoms with Gasteiger partial charge in [0.1, 0.15) is 12.6 Å². The van der Waals surface area contributed by atoms with Crippen molar-refractivity contribution >= 4 is 57.9 Å². The van der Waals surface area contributed by atoms with Crippen molar-refractivity contribution in [2.24, 2.45) is 5.41 Å². The van der Waals surface area contributed by atoms with E-state index in [2.05, 4.69) is 20.7 Å². The molecule has 38 heavy (non-hydrogen) atoms. The molecule has 1 aliphatic heterocycles. The Kier molecular flexibility index (Phi) is 9.63. The maximum absolute atomic E-state index is 13.1. The molecule has 1 aliphatic rings. The second kappa shape index (κ2) is 12.5. The number of benzene rings is 1. The molecule has 0 unspecified atom stereocenters. The second-order valence-electron chi connectivity index (χ2n) is 9.24. The molecule has 3 N–H and O–H groups in total. The molecule has 1 aromatic heterocycles. The predicted octanol–water partition coefficient (Wildman–Crippen LogP) is 3.27. The minimum atomic E-state index is -3.18. The fourth-order valence-electron chi connectivity index (χ4n) is 3.31. The first kappa shape index (κ1) is 29.3. The number of carbonyl (C=O) groups is 4. The summed E-state index contributed by atoms with van der Waals surface area (Å²) in [5, 5.41) is 7.73. The average Bonchev–Trinajstić information content (AvgIpc) is 3.27. The quantitative estimate of drug-likeness (QED) is 0.423. The van der Waals surface area contributed by atoms with Crippen LogP contribution in [0.4, 0.5) is 20.2 Å². The molecule has 0 spiro atoms. The van der Waals surface area contributed by atoms with Gasteiger partial charge in [-0.05, 0) is 24.3 Å². The molecule has 3 rings (SSSR count). The maximum atomic E-state index is 13.1. The number of hydrogen-bond acceptors (Lipinski definition) is 7. The van der Waals surface area contributed by atoms with Crippen molar-refractivity contribution in [2.75, 3.05) is 36.5 Å². The van der Waals surface area contributed by atoms with E-state index in [1.165, 1.54) is 23.1 Å². The van der Waals surface area contributed by atoms with Gasteiger partial charge in [0.25, 0.3) is 11.8 Å². The Morgan fingerprint density at radius 3 is 2.55 bits per heavy atom. The summed E-state index contributed by atoms with van der Waals surface area (Å²) in [6.07, 6.45) is 0. The molecule has 10 nitrogen and oxygen atoms in total. The van der Waals surface area contributed by atoms with E-state index in [-0.39, 0.29) is 43.4 Å². The minimum Gasteiger partial charge on any atom is -0.433 e. The second-order valence-corrected chi connectivity index (χ2v) is 11.0. The van der Waals surface area contributed by atoms with Crippen LogP contribution in [-0.2, 0) is 19.1 Å². The van der Waals surface area contributed by atoms with Gasteiger partial charge >= 0.3 is 6.61 Å². The number of nitrogens with one attached hydrogen (secondary N) is 3. The van der Waals surface area contributed by atoms with Crippen LogP contribution in [0.15, 0.2) is 30.3 Å². The maximum Gasteiger partial charge on any atom is 0.387 e. The van der Waals surface area contributed by atoms with E-state index in [4.69, 9.17) is 16.3 Å². The fourth-order valence-corrected chi connectivity index (χ4v) is 4.27. The summed E-state index contributed by atoms with van der Waals surface area (Å²) in [5.74, 6) is -2.41. The van der Waals surface area contributed by atoms with Crippen LogP contribution in [0.1, 0.15) is 30.4 Å². The standard InChI is InChI=1S/C24H27ClF2N4O6S/c1-24(2,3)22(35)30-14(11-28-21(34)17-6-7-18(25)38-17)20(33)29-13-4-5-15(16(10-13)37-23(26)27)31-8-9-36-12-19(31)32/h4-7,10,14,23H,8-9,11-12H2,1-3H3,(H,28,34)(H,29,33)(H,30,35)/t14-/m0/s1. The predicted molar refractivity (Wildman–Crippen MR) is 138 cm³/mol. The molecular formula is C24H27ClF2N4O6S. The molecule has 1 aromatic carbocycles. The van der Waals surface area contributed by atoms with Crippen molar-refractivity contribution in [1.82, 2.24) is 10.6 Å². The van der Waals surface area contributed by atoms with Gasteiger partial charge in [-0.25, -0.2) is 0 Å². The van der Waals surface area contributed by atoms with Gasteiger partial charge < -0.3 is 30.3 Å². The van der Waals surface area contributed by atoms with Crippen LogP contribution in [-0.4, -0.2) is 62.6 Å². The van der Waals surface area contributed by atoms with E-state index in [9.17, 15) is 28.0 Å². The topological polar surface area (TPSA) is 126 Å². The zero-order valence-corrected chi connectivity index (χ0v) is 22.4. The SMILES string of the molecule is CC(C)(C)C(=O)N[C@@H](CNC(=O)c1ccc(Cl)s1)C(=O)Nc1ccc(N2CCOCC2=O)c(OC(F)F)c1. The molecule has 1 atom stereocenters. The van der Waals surface area contributed by atoms with Crippen molar-refractivity contribution < 1.29 is 37.4 Å². The number of thiophene rings is 1. The average molecular weight is 573 g/mol. The van der Waals surface area contributed by atoms with Gasteiger partial charge in [0, 0.05) is 30.3 Å². The molecule has 4 amide bonds. The number of ether oxygens (including phenoxy) is 2. The smallest absolute Gasteiger partial charge is 0.387 e. The zero-order chi connectivity index (χ0) is 28.0. The Balaban J connectivity index is 1.80. The molecule has 2 aromatic rings. The van der Waals surface area contributed by atoms with Crippen LogP contribution in [0.5, 0.6) is 5.75 Å². The first-order valence-corrected chi connectivity index (χ1v) is 12.7. The summed E-state index contributed by atoms with van der Waals surface area (Å²) in [6.45, 7) is 1.68. The number of morpholine rings is 1. The van der Waals surface area contributed by atoms with Gasteiger partial charge in [0.05, 0.1) is 21.5 Å². The normalized spacial score (nSPS) is 14.7. The Morgan fingerprint density at radius 1 is 1.21 bits per heavy atom. The van der Waals surface area contributed by atoms with Gasteiger partial charge in [0.2, 0.25) is 11.8 Å². The number of nitrogens with zero attached hydrogens (tertiary/aromatic N) is 1. The summed E-state index contributed by atoms with van der Waals surface area (Å²) in [4.78, 5) is 52.0. The highest BCUT2D eigenvalue weighted by Crippen LogP contribution is 2.33. The lowest BCUT2D eigenvalue weighted by molar-refractivity contribution is -0.132. The highest BCUT2D eigenvalue weighted by Gasteiger charge is 2.29. The number of carbonyl (C=O) groups excluding carboxylic acids is 4. The van der Waals surface area contributed by atoms with Gasteiger partial charge in [-0.3, -0.25) is 19.2 Å². The van der Waals surface area contributed by atoms with Crippen LogP contribution in [0.2, 0.25) is 4.34 Å². The Bertz CT molecular complexity index is 1200. The Morgan fingerprint density at radius 2 is 1.95 bits per heavy atom. The highest BCUT2D eigenvalue weighted by molar-refractivity contribution is 7.18. The molecule has 0 saturated carbocycles. The molecular weight excluding hydrogens is 546 g/mol. The van der Waals surface area contributed by atoms with Crippen molar-refractivity contribution in [2.45, 2.75) is 33.4 Å². The van der Waals surface area contributed by atoms with Gasteiger partial charge in [-0.15, -0.1) is 11.3 Å². The molecule has 1 saturated heterocycles. The number of halogens is 3. The number of amides is 4. The van der Waals surface area contributed by atoms with E-state index in [0.717, 1.165) is 17.4 Å². The molecule has 206 valence electrons. The van der Waals surface area contributed by atoms with Crippen LogP contribution >= 0.6 is 22.9 Å². The zero-order valence-electron chi connectivity index (χ0n) is 20.8. The third kappa shape index (κ3) is 7.85. The third-order valence-corrected chi connectivity index (χ3v) is 6.52. The molecule has 2 heterocycles. The van der Waals surface area contributed by atoms with Crippen LogP contribution in [0, 0.1) is 5.41 Å². The first-order valence-electron chi connectivity index (χ1n) is 11.5. The summed E-state index contributed by atoms with van der Waals surface area (Å²) in [6, 6.07) is 5.79. The van der Waals surface area contributed by atoms with E-state index in [1.54, 1.807) is 26.8 Å². The molecule has 1 fully saturated rings. The van der Waals surface area contributed by atoms with Crippen molar-refractivity contribution in [3.63, 3.8) is 0 Å². The Labute approximate surface area is 226 Å². The van der Waals surface area contributed by atoms with E-state index in [0.29, 0.717) is 9.21 Å². The molecule has 0 bridgehead atoms. The largest absolute Gasteiger partial charge is 0.433 e. The van der Waals surface area contributed by atoms with Gasteiger partial charge in [-0.2, -0.15) is 8.78 Å². The van der Waals surface area contributed by atoms with E-state index >= 15 is 0 Å². The lowest BCUT2D eigenvalue weighted by Gasteiger charge is -2.28. The summed E-state index contributed by atoms with van der Waals surface area (Å²) < 4.78 is 36.4. The van der Waals surface area contributed by atoms with Crippen molar-refractivity contribution in [3.05, 3.63) is 39.5 Å². The Hall–Kier alpha value is -3.29. The molecule has 14 heteroatoms. The fraction of sp³-hybridized carbons (Fsp3) is 0.417. The van der Waals surface area contributed by atoms with Crippen LogP contribution in [0.25, 0.3) is 0 Å². The third-order valence-electron chi connectivity index (χ3n) is 5.29. The highest BCUT2D eigenvalue weighted by atomic mass is 35.5. The molecule has 0 radical (unpaired) electrons. The monoisotopic (exact) mass is 572 g/mol. The number of rotatable bonds is 9. The first-order chi connectivity index (χ1) is 17.8. The summed E-state index contributed by atoms with van der Waals surface area (Å²) in [5.41, 5.74) is -0.674. The number of anilines is 2. The van der Waals surface area contributed by atoms with E-state index in [1.807, 2.05) is 0 Å². The van der Waals surface area contributed by atoms with E-state index < -0.39 is 41.7 Å². The number of hydrogen-bond donors (Lipinski definition) is 3. The molecule has 0 aliphatic carbocycles. The van der Waals surface area contributed by atoms with Crippen LogP contribution < -0.4 is 25.6 Å². The van der Waals surface area contributed by atoms with Crippen molar-refractivity contribution in [3.8, 4) is 5.75 Å². The minimum absolute atomic E-state index is 0.0708. The summed E-state index contributed by atoms with van der Waals surface area (Å²) >= 11 is 6.92. The lowest BCUT2D eigenvalue weighted by atomic mass is 9.95.